The molecule has 1 saturated carbocycles. The van der Waals surface area contributed by atoms with Crippen molar-refractivity contribution in [3.05, 3.63) is 82.1 Å². The predicted octanol–water partition coefficient (Wildman–Crippen LogP) is 5.31. The van der Waals surface area contributed by atoms with Crippen molar-refractivity contribution in [2.45, 2.75) is 77.9 Å². The van der Waals surface area contributed by atoms with Crippen LogP contribution in [0, 0.1) is 12.3 Å². The fourth-order valence-corrected chi connectivity index (χ4v) is 7.52. The zero-order chi connectivity index (χ0) is 30.6. The van der Waals surface area contributed by atoms with Gasteiger partial charge in [-0.2, -0.15) is 0 Å². The minimum atomic E-state index is -0.0848. The lowest BCUT2D eigenvalue weighted by atomic mass is 9.89. The molecule has 0 radical (unpaired) electrons. The summed E-state index contributed by atoms with van der Waals surface area (Å²) >= 11 is 0. The zero-order valence-electron chi connectivity index (χ0n) is 26.1. The Hall–Kier alpha value is -4.07. The number of rotatable bonds is 6. The predicted molar refractivity (Wildman–Crippen MR) is 172 cm³/mol. The van der Waals surface area contributed by atoms with E-state index in [1.54, 1.807) is 16.5 Å². The summed E-state index contributed by atoms with van der Waals surface area (Å²) in [5.41, 5.74) is 7.98. The van der Waals surface area contributed by atoms with Gasteiger partial charge in [0.15, 0.2) is 0 Å². The van der Waals surface area contributed by atoms with Crippen LogP contribution in [0.25, 0.3) is 11.1 Å². The molecule has 1 aromatic carbocycles. The molecule has 3 aliphatic rings. The van der Waals surface area contributed by atoms with Gasteiger partial charge in [-0.15, -0.1) is 0 Å². The zero-order valence-corrected chi connectivity index (χ0v) is 26.1. The first-order valence-corrected chi connectivity index (χ1v) is 15.5. The summed E-state index contributed by atoms with van der Waals surface area (Å²) in [5.74, 6) is -0.0272. The molecule has 2 atom stereocenters. The van der Waals surface area contributed by atoms with Gasteiger partial charge in [-0.05, 0) is 91.8 Å². The van der Waals surface area contributed by atoms with Gasteiger partial charge in [0.05, 0.1) is 0 Å². The highest BCUT2D eigenvalue weighted by atomic mass is 16.2. The molecule has 3 heterocycles. The van der Waals surface area contributed by atoms with Gasteiger partial charge in [-0.3, -0.25) is 14.4 Å². The normalized spacial score (nSPS) is 20.9. The molecular weight excluding hydrogens is 538 g/mol. The van der Waals surface area contributed by atoms with Crippen LogP contribution in [0.15, 0.2) is 54.0 Å². The van der Waals surface area contributed by atoms with E-state index < -0.39 is 0 Å². The minimum Gasteiger partial charge on any atom is -0.378 e. The molecule has 2 aliphatic carbocycles. The summed E-state index contributed by atoms with van der Waals surface area (Å²) in [7, 11) is 3.60. The SMILES string of the molecule is C=CC(=O)N(C)C1CCCC(Nc2cc(-c3cccc(N4CCn5c(cc6c5CC(C)(C)C6)C4=O)c3C)cn(C)c2=O)C1. The molecule has 8 heteroatoms. The smallest absolute Gasteiger partial charge is 0.274 e. The largest absolute Gasteiger partial charge is 0.378 e. The lowest BCUT2D eigenvalue weighted by Crippen LogP contribution is -2.43. The lowest BCUT2D eigenvalue weighted by Gasteiger charge is -2.35. The molecule has 226 valence electrons. The first-order valence-electron chi connectivity index (χ1n) is 15.5. The third-order valence-electron chi connectivity index (χ3n) is 9.79. The Morgan fingerprint density at radius 2 is 1.93 bits per heavy atom. The van der Waals surface area contributed by atoms with E-state index in [-0.39, 0.29) is 34.9 Å². The molecule has 1 fully saturated rings. The Balaban J connectivity index is 1.27. The van der Waals surface area contributed by atoms with Crippen molar-refractivity contribution in [3.63, 3.8) is 0 Å². The van der Waals surface area contributed by atoms with Crippen molar-refractivity contribution in [2.75, 3.05) is 23.8 Å². The van der Waals surface area contributed by atoms with Gasteiger partial charge < -0.3 is 24.3 Å². The Labute approximate surface area is 254 Å². The second-order valence-electron chi connectivity index (χ2n) is 13.5. The summed E-state index contributed by atoms with van der Waals surface area (Å²) in [5, 5.41) is 3.52. The number of pyridine rings is 1. The minimum absolute atomic E-state index is 0.0493. The van der Waals surface area contributed by atoms with E-state index in [9.17, 15) is 14.4 Å². The quantitative estimate of drug-likeness (QED) is 0.400. The van der Waals surface area contributed by atoms with Crippen molar-refractivity contribution in [3.8, 4) is 11.1 Å². The number of carbonyl (C=O) groups excluding carboxylic acids is 2. The molecule has 0 spiro atoms. The lowest BCUT2D eigenvalue weighted by molar-refractivity contribution is -0.127. The molecule has 1 aliphatic heterocycles. The molecule has 0 saturated heterocycles. The summed E-state index contributed by atoms with van der Waals surface area (Å²) in [6.45, 7) is 11.7. The average molecular weight is 582 g/mol. The van der Waals surface area contributed by atoms with Crippen molar-refractivity contribution in [1.82, 2.24) is 14.0 Å². The summed E-state index contributed by atoms with van der Waals surface area (Å²) < 4.78 is 3.87. The van der Waals surface area contributed by atoms with E-state index in [1.807, 2.05) is 36.3 Å². The molecule has 2 unspecified atom stereocenters. The molecule has 1 N–H and O–H groups in total. The number of carbonyl (C=O) groups is 2. The molecule has 6 rings (SSSR count). The van der Waals surface area contributed by atoms with Crippen LogP contribution in [0.3, 0.4) is 0 Å². The van der Waals surface area contributed by atoms with Crippen LogP contribution in [0.2, 0.25) is 0 Å². The first kappa shape index (κ1) is 29.0. The fraction of sp³-hybridized carbons (Fsp3) is 0.457. The third-order valence-corrected chi connectivity index (χ3v) is 9.79. The van der Waals surface area contributed by atoms with Crippen LogP contribution < -0.4 is 15.8 Å². The Kier molecular flexibility index (Phi) is 7.35. The number of hydrogen-bond acceptors (Lipinski definition) is 4. The van der Waals surface area contributed by atoms with E-state index in [1.165, 1.54) is 17.3 Å². The van der Waals surface area contributed by atoms with Gasteiger partial charge in [-0.1, -0.05) is 32.6 Å². The van der Waals surface area contributed by atoms with Crippen LogP contribution >= 0.6 is 0 Å². The molecule has 43 heavy (non-hydrogen) atoms. The van der Waals surface area contributed by atoms with Crippen molar-refractivity contribution in [2.24, 2.45) is 12.5 Å². The van der Waals surface area contributed by atoms with Crippen LogP contribution in [0.4, 0.5) is 11.4 Å². The molecule has 0 bridgehead atoms. The topological polar surface area (TPSA) is 79.6 Å². The number of nitrogens with zero attached hydrogens (tertiary/aromatic N) is 4. The second kappa shape index (κ2) is 10.9. The molecule has 2 amide bonds. The highest BCUT2D eigenvalue weighted by molar-refractivity contribution is 6.07. The van der Waals surface area contributed by atoms with Crippen LogP contribution in [-0.2, 0) is 31.2 Å². The highest BCUT2D eigenvalue weighted by Crippen LogP contribution is 2.40. The van der Waals surface area contributed by atoms with E-state index >= 15 is 0 Å². The van der Waals surface area contributed by atoms with Crippen molar-refractivity contribution in [1.29, 1.82) is 0 Å². The van der Waals surface area contributed by atoms with Crippen LogP contribution in [0.5, 0.6) is 0 Å². The van der Waals surface area contributed by atoms with Gasteiger partial charge in [0, 0.05) is 62.4 Å². The Morgan fingerprint density at radius 1 is 1.14 bits per heavy atom. The van der Waals surface area contributed by atoms with E-state index in [2.05, 4.69) is 49.4 Å². The number of fused-ring (bicyclic) bond motifs is 3. The molecular formula is C35H43N5O3. The molecule has 8 nitrogen and oxygen atoms in total. The average Bonchev–Trinajstić information content (AvgIpc) is 3.47. The second-order valence-corrected chi connectivity index (χ2v) is 13.5. The number of aryl methyl sites for hydroxylation is 1. The van der Waals surface area contributed by atoms with Crippen LogP contribution in [0.1, 0.15) is 66.8 Å². The van der Waals surface area contributed by atoms with Crippen LogP contribution in [-0.4, -0.2) is 51.5 Å². The van der Waals surface area contributed by atoms with Gasteiger partial charge in [0.1, 0.15) is 11.4 Å². The first-order chi connectivity index (χ1) is 20.5. The number of amides is 2. The van der Waals surface area contributed by atoms with Crippen molar-refractivity contribution < 1.29 is 9.59 Å². The number of aromatic nitrogens is 2. The van der Waals surface area contributed by atoms with Gasteiger partial charge in [0.25, 0.3) is 11.5 Å². The summed E-state index contributed by atoms with van der Waals surface area (Å²) in [6.07, 6.45) is 8.89. The third kappa shape index (κ3) is 5.21. The monoisotopic (exact) mass is 581 g/mol. The van der Waals surface area contributed by atoms with E-state index in [4.69, 9.17) is 0 Å². The summed E-state index contributed by atoms with van der Waals surface area (Å²) in [6, 6.07) is 10.3. The molecule has 2 aromatic heterocycles. The maximum atomic E-state index is 13.8. The van der Waals surface area contributed by atoms with E-state index in [0.29, 0.717) is 12.2 Å². The van der Waals surface area contributed by atoms with Crippen molar-refractivity contribution >= 4 is 23.2 Å². The maximum absolute atomic E-state index is 13.8. The fourth-order valence-electron chi connectivity index (χ4n) is 7.52. The molecule has 3 aromatic rings. The van der Waals surface area contributed by atoms with Gasteiger partial charge in [-0.25, -0.2) is 0 Å². The number of likely N-dealkylation sites (N-methyl/N-ethyl adjacent to an activating group) is 1. The number of nitrogens with one attached hydrogen (secondary N) is 1. The maximum Gasteiger partial charge on any atom is 0.274 e. The highest BCUT2D eigenvalue weighted by Gasteiger charge is 2.37. The Bertz CT molecular complexity index is 1680. The number of hydrogen-bond donors (Lipinski definition) is 1. The van der Waals surface area contributed by atoms with Gasteiger partial charge >= 0.3 is 0 Å². The standard InChI is InChI=1S/C35H43N5O3/c1-7-32(41)38(6)26-11-8-10-25(18-26)36-28-16-24(21-37(5)33(28)42)27-12-9-13-29(22(27)2)40-15-14-39-30(34(40)43)17-23-19-35(3,4)20-31(23)39/h7,9,12-13,16-17,21,25-26,36H,1,8,10-11,14-15,18-20H2,2-6H3. The van der Waals surface area contributed by atoms with E-state index in [0.717, 1.165) is 73.1 Å². The summed E-state index contributed by atoms with van der Waals surface area (Å²) in [4.78, 5) is 42.9. The number of anilines is 2. The van der Waals surface area contributed by atoms with Gasteiger partial charge in [0.2, 0.25) is 5.91 Å². The Morgan fingerprint density at radius 3 is 2.70 bits per heavy atom. The number of benzene rings is 1.